The first-order valence-electron chi connectivity index (χ1n) is 7.64. The number of aromatic nitrogens is 3. The van der Waals surface area contributed by atoms with E-state index in [9.17, 15) is 9.59 Å². The Morgan fingerprint density at radius 3 is 2.56 bits per heavy atom. The molecule has 0 spiro atoms. The molecule has 1 fully saturated rings. The zero-order chi connectivity index (χ0) is 18.0. The smallest absolute Gasteiger partial charge is 0.407 e. The molecular formula is C15H17BrN6O3. The van der Waals surface area contributed by atoms with E-state index in [-0.39, 0.29) is 5.56 Å². The van der Waals surface area contributed by atoms with Crippen LogP contribution in [-0.2, 0) is 7.05 Å². The molecule has 1 aliphatic heterocycles. The lowest BCUT2D eigenvalue weighted by atomic mass is 10.3. The maximum atomic E-state index is 12.1. The Morgan fingerprint density at radius 1 is 1.24 bits per heavy atom. The van der Waals surface area contributed by atoms with E-state index in [4.69, 9.17) is 5.11 Å². The molecule has 1 aliphatic rings. The molecule has 1 saturated heterocycles. The van der Waals surface area contributed by atoms with Crippen molar-refractivity contribution >= 4 is 39.3 Å². The van der Waals surface area contributed by atoms with Gasteiger partial charge in [-0.3, -0.25) is 4.79 Å². The molecule has 0 atom stereocenters. The first-order valence-corrected chi connectivity index (χ1v) is 8.43. The Hall–Kier alpha value is -2.62. The zero-order valence-corrected chi connectivity index (χ0v) is 15.1. The molecule has 0 unspecified atom stereocenters. The molecule has 0 saturated carbocycles. The van der Waals surface area contributed by atoms with E-state index in [2.05, 4.69) is 31.4 Å². The van der Waals surface area contributed by atoms with Crippen molar-refractivity contribution in [2.75, 3.05) is 36.4 Å². The summed E-state index contributed by atoms with van der Waals surface area (Å²) in [5.41, 5.74) is 0.230. The fourth-order valence-electron chi connectivity index (χ4n) is 2.59. The fraction of sp³-hybridized carbons (Fsp3) is 0.333. The summed E-state index contributed by atoms with van der Waals surface area (Å²) in [6.45, 7) is 2.01. The molecule has 132 valence electrons. The third-order valence-electron chi connectivity index (χ3n) is 3.94. The number of pyridine rings is 1. The number of carboxylic acid groups (broad SMARTS) is 1. The van der Waals surface area contributed by atoms with Gasteiger partial charge in [-0.05, 0) is 34.1 Å². The lowest BCUT2D eigenvalue weighted by molar-refractivity contribution is 0.142. The van der Waals surface area contributed by atoms with Crippen LogP contribution in [0.2, 0.25) is 0 Å². The highest BCUT2D eigenvalue weighted by molar-refractivity contribution is 9.10. The molecule has 0 radical (unpaired) electrons. The molecule has 1 amide bonds. The first kappa shape index (κ1) is 17.2. The predicted molar refractivity (Wildman–Crippen MR) is 96.5 cm³/mol. The molecule has 2 N–H and O–H groups in total. The largest absolute Gasteiger partial charge is 0.465 e. The van der Waals surface area contributed by atoms with Gasteiger partial charge in [-0.15, -0.1) is 10.2 Å². The van der Waals surface area contributed by atoms with E-state index in [1.54, 1.807) is 31.4 Å². The summed E-state index contributed by atoms with van der Waals surface area (Å²) in [5, 5.41) is 20.2. The molecule has 9 nitrogen and oxygen atoms in total. The Bertz CT molecular complexity index is 830. The number of carbonyl (C=O) groups is 1. The van der Waals surface area contributed by atoms with Gasteiger partial charge in [0.05, 0.1) is 0 Å². The van der Waals surface area contributed by atoms with Crippen LogP contribution in [0.3, 0.4) is 0 Å². The minimum absolute atomic E-state index is 0.168. The first-order chi connectivity index (χ1) is 11.9. The van der Waals surface area contributed by atoms with Gasteiger partial charge in [0.1, 0.15) is 5.69 Å². The summed E-state index contributed by atoms with van der Waals surface area (Å²) in [7, 11) is 1.67. The number of aryl methyl sites for hydroxylation is 1. The summed E-state index contributed by atoms with van der Waals surface area (Å²) in [5.74, 6) is 1.14. The van der Waals surface area contributed by atoms with E-state index in [0.717, 1.165) is 4.47 Å². The molecule has 25 heavy (non-hydrogen) atoms. The summed E-state index contributed by atoms with van der Waals surface area (Å²) in [4.78, 5) is 26.4. The number of piperazine rings is 1. The normalized spacial score (nSPS) is 14.5. The van der Waals surface area contributed by atoms with Gasteiger partial charge in [-0.2, -0.15) is 0 Å². The standard InChI is InChI=1S/C15H17BrN6O3/c1-20-9-10(16)8-11(14(20)23)17-12-2-3-13(19-18-12)21-4-6-22(7-5-21)15(24)25/h2-3,8-9H,4-7H2,1H3,(H,17,18)(H,24,25). The van der Waals surface area contributed by atoms with E-state index >= 15 is 0 Å². The second kappa shape index (κ2) is 7.09. The molecule has 10 heteroatoms. The van der Waals surface area contributed by atoms with E-state index in [0.29, 0.717) is 43.5 Å². The highest BCUT2D eigenvalue weighted by Gasteiger charge is 2.21. The quantitative estimate of drug-likeness (QED) is 0.792. The second-order valence-corrected chi connectivity index (χ2v) is 6.56. The van der Waals surface area contributed by atoms with Crippen LogP contribution in [0.4, 0.5) is 22.1 Å². The minimum atomic E-state index is -0.902. The highest BCUT2D eigenvalue weighted by atomic mass is 79.9. The number of nitrogens with zero attached hydrogens (tertiary/aromatic N) is 5. The van der Waals surface area contributed by atoms with Gasteiger partial charge < -0.3 is 24.8 Å². The number of anilines is 3. The number of hydrogen-bond acceptors (Lipinski definition) is 6. The SMILES string of the molecule is Cn1cc(Br)cc(Nc2ccc(N3CCN(C(=O)O)CC3)nn2)c1=O. The summed E-state index contributed by atoms with van der Waals surface area (Å²) in [6.07, 6.45) is 0.778. The van der Waals surface area contributed by atoms with Crippen LogP contribution in [0.5, 0.6) is 0 Å². The third-order valence-corrected chi connectivity index (χ3v) is 4.37. The predicted octanol–water partition coefficient (Wildman–Crippen LogP) is 1.48. The Labute approximate surface area is 152 Å². The van der Waals surface area contributed by atoms with Crippen LogP contribution in [0.25, 0.3) is 0 Å². The number of hydrogen-bond donors (Lipinski definition) is 2. The molecule has 0 aromatic carbocycles. The van der Waals surface area contributed by atoms with Gasteiger partial charge >= 0.3 is 6.09 Å². The lowest BCUT2D eigenvalue weighted by Crippen LogP contribution is -2.48. The summed E-state index contributed by atoms with van der Waals surface area (Å²) in [6, 6.07) is 5.23. The summed E-state index contributed by atoms with van der Waals surface area (Å²) >= 11 is 3.35. The molecule has 0 aliphatic carbocycles. The monoisotopic (exact) mass is 408 g/mol. The van der Waals surface area contributed by atoms with Crippen LogP contribution in [0.15, 0.2) is 33.7 Å². The maximum Gasteiger partial charge on any atom is 0.407 e. The molecule has 3 heterocycles. The van der Waals surface area contributed by atoms with E-state index < -0.39 is 6.09 Å². The van der Waals surface area contributed by atoms with Crippen LogP contribution in [0, 0.1) is 0 Å². The highest BCUT2D eigenvalue weighted by Crippen LogP contribution is 2.18. The Balaban J connectivity index is 1.69. The molecule has 3 rings (SSSR count). The van der Waals surface area contributed by atoms with Crippen LogP contribution >= 0.6 is 15.9 Å². The number of rotatable bonds is 3. The van der Waals surface area contributed by atoms with E-state index in [1.165, 1.54) is 9.47 Å². The number of amides is 1. The molecular weight excluding hydrogens is 392 g/mol. The van der Waals surface area contributed by atoms with Crippen molar-refractivity contribution in [3.63, 3.8) is 0 Å². The number of nitrogens with one attached hydrogen (secondary N) is 1. The van der Waals surface area contributed by atoms with Crippen molar-refractivity contribution in [1.29, 1.82) is 0 Å². The summed E-state index contributed by atoms with van der Waals surface area (Å²) < 4.78 is 2.24. The van der Waals surface area contributed by atoms with Crippen molar-refractivity contribution in [3.8, 4) is 0 Å². The molecule has 2 aromatic rings. The van der Waals surface area contributed by atoms with Crippen molar-refractivity contribution in [2.24, 2.45) is 7.05 Å². The average Bonchev–Trinajstić information content (AvgIpc) is 2.60. The van der Waals surface area contributed by atoms with Gasteiger partial charge in [-0.25, -0.2) is 4.79 Å². The zero-order valence-electron chi connectivity index (χ0n) is 13.5. The van der Waals surface area contributed by atoms with Crippen molar-refractivity contribution in [3.05, 3.63) is 39.2 Å². The Kier molecular flexibility index (Phi) is 4.88. The van der Waals surface area contributed by atoms with Gasteiger partial charge in [0.2, 0.25) is 0 Å². The minimum Gasteiger partial charge on any atom is -0.465 e. The third kappa shape index (κ3) is 3.90. The Morgan fingerprint density at radius 2 is 1.96 bits per heavy atom. The van der Waals surface area contributed by atoms with Gasteiger partial charge in [0.15, 0.2) is 11.6 Å². The molecule has 0 bridgehead atoms. The van der Waals surface area contributed by atoms with Crippen molar-refractivity contribution in [1.82, 2.24) is 19.7 Å². The van der Waals surface area contributed by atoms with Crippen LogP contribution in [0.1, 0.15) is 0 Å². The lowest BCUT2D eigenvalue weighted by Gasteiger charge is -2.33. The maximum absolute atomic E-state index is 12.1. The van der Waals surface area contributed by atoms with Gasteiger partial charge in [0, 0.05) is 43.9 Å². The fourth-order valence-corrected chi connectivity index (χ4v) is 3.12. The van der Waals surface area contributed by atoms with E-state index in [1.807, 2.05) is 4.90 Å². The van der Waals surface area contributed by atoms with Gasteiger partial charge in [-0.1, -0.05) is 0 Å². The van der Waals surface area contributed by atoms with Crippen LogP contribution in [-0.4, -0.2) is 57.0 Å². The second-order valence-electron chi connectivity index (χ2n) is 5.65. The average molecular weight is 409 g/mol. The van der Waals surface area contributed by atoms with Crippen molar-refractivity contribution in [2.45, 2.75) is 0 Å². The van der Waals surface area contributed by atoms with Gasteiger partial charge in [0.25, 0.3) is 5.56 Å². The number of halogens is 1. The topological polar surface area (TPSA) is 104 Å². The van der Waals surface area contributed by atoms with Crippen molar-refractivity contribution < 1.29 is 9.90 Å². The van der Waals surface area contributed by atoms with Crippen LogP contribution < -0.4 is 15.8 Å². The molecule has 2 aromatic heterocycles.